The van der Waals surface area contributed by atoms with Crippen LogP contribution in [0, 0.1) is 0 Å². The van der Waals surface area contributed by atoms with Crippen LogP contribution in [0.1, 0.15) is 23.2 Å². The van der Waals surface area contributed by atoms with Crippen molar-refractivity contribution in [1.82, 2.24) is 5.32 Å². The maximum absolute atomic E-state index is 5.91. The van der Waals surface area contributed by atoms with Gasteiger partial charge in [0, 0.05) is 5.02 Å². The lowest BCUT2D eigenvalue weighted by molar-refractivity contribution is 0.673. The highest BCUT2D eigenvalue weighted by atomic mass is 35.5. The van der Waals surface area contributed by atoms with Crippen LogP contribution >= 0.6 is 11.6 Å². The molecule has 1 N–H and O–H groups in total. The van der Waals surface area contributed by atoms with E-state index in [2.05, 4.69) is 29.6 Å². The minimum Gasteiger partial charge on any atom is -0.296 e. The van der Waals surface area contributed by atoms with Gasteiger partial charge in [0.05, 0.1) is 12.1 Å². The maximum Gasteiger partial charge on any atom is 0.0518 e. The van der Waals surface area contributed by atoms with Crippen molar-refractivity contribution in [3.05, 3.63) is 46.5 Å². The molecule has 1 aromatic carbocycles. The molecule has 0 fully saturated rings. The van der Waals surface area contributed by atoms with Crippen LogP contribution < -0.4 is 5.32 Å². The Labute approximate surface area is 76.0 Å². The van der Waals surface area contributed by atoms with Crippen LogP contribution in [-0.2, 0) is 0 Å². The summed E-state index contributed by atoms with van der Waals surface area (Å²) in [6.45, 7) is 0. The fraction of sp³-hybridized carbons (Fsp3) is 0.200. The van der Waals surface area contributed by atoms with Gasteiger partial charge in [0.1, 0.15) is 0 Å². The van der Waals surface area contributed by atoms with Gasteiger partial charge < -0.3 is 0 Å². The van der Waals surface area contributed by atoms with E-state index in [0.29, 0.717) is 12.1 Å². The molecule has 12 heavy (non-hydrogen) atoms. The quantitative estimate of drug-likeness (QED) is 0.601. The van der Waals surface area contributed by atoms with E-state index in [9.17, 15) is 0 Å². The van der Waals surface area contributed by atoms with Gasteiger partial charge in [-0.15, -0.1) is 0 Å². The van der Waals surface area contributed by atoms with E-state index in [1.807, 2.05) is 6.07 Å². The number of fused-ring (bicyclic) bond motifs is 5. The Kier molecular flexibility index (Phi) is 1.18. The second-order valence-corrected chi connectivity index (χ2v) is 3.72. The highest BCUT2D eigenvalue weighted by Crippen LogP contribution is 2.40. The molecular formula is C10H8ClN. The van der Waals surface area contributed by atoms with Crippen LogP contribution in [0.3, 0.4) is 0 Å². The average molecular weight is 178 g/mol. The summed E-state index contributed by atoms with van der Waals surface area (Å²) in [4.78, 5) is 0. The molecule has 60 valence electrons. The monoisotopic (exact) mass is 177 g/mol. The fourth-order valence-corrected chi connectivity index (χ4v) is 2.19. The second kappa shape index (κ2) is 2.12. The Morgan fingerprint density at radius 2 is 1.83 bits per heavy atom. The Morgan fingerprint density at radius 3 is 2.67 bits per heavy atom. The molecule has 0 aromatic heterocycles. The standard InChI is InChI=1S/C10H8ClN/c11-6-1-2-7-8(5-6)10-4-3-9(7)12-10/h1-5,9-10,12H. The first-order valence-corrected chi connectivity index (χ1v) is 4.46. The minimum absolute atomic E-state index is 0.406. The summed E-state index contributed by atoms with van der Waals surface area (Å²) in [5, 5.41) is 4.28. The Hall–Kier alpha value is -0.790. The lowest BCUT2D eigenvalue weighted by atomic mass is 9.97. The van der Waals surface area contributed by atoms with Gasteiger partial charge in [-0.2, -0.15) is 0 Å². The van der Waals surface area contributed by atoms with Crippen molar-refractivity contribution in [2.24, 2.45) is 0 Å². The molecule has 0 amide bonds. The van der Waals surface area contributed by atoms with Gasteiger partial charge in [0.15, 0.2) is 0 Å². The van der Waals surface area contributed by atoms with Crippen molar-refractivity contribution < 1.29 is 0 Å². The number of benzene rings is 1. The molecule has 2 aliphatic heterocycles. The van der Waals surface area contributed by atoms with E-state index in [1.54, 1.807) is 0 Å². The van der Waals surface area contributed by atoms with Gasteiger partial charge in [-0.05, 0) is 23.3 Å². The van der Waals surface area contributed by atoms with E-state index >= 15 is 0 Å². The van der Waals surface area contributed by atoms with Gasteiger partial charge in [0.2, 0.25) is 0 Å². The second-order valence-electron chi connectivity index (χ2n) is 3.28. The smallest absolute Gasteiger partial charge is 0.0518 e. The number of nitrogens with one attached hydrogen (secondary N) is 1. The molecule has 1 aromatic rings. The molecule has 0 saturated carbocycles. The minimum atomic E-state index is 0.406. The van der Waals surface area contributed by atoms with E-state index in [0.717, 1.165) is 5.02 Å². The largest absolute Gasteiger partial charge is 0.296 e. The topological polar surface area (TPSA) is 12.0 Å². The third-order valence-corrected chi connectivity index (χ3v) is 2.81. The molecule has 2 unspecified atom stereocenters. The van der Waals surface area contributed by atoms with Crippen molar-refractivity contribution in [3.8, 4) is 0 Å². The molecule has 0 radical (unpaired) electrons. The predicted molar refractivity (Wildman–Crippen MR) is 49.2 cm³/mol. The molecule has 3 rings (SSSR count). The van der Waals surface area contributed by atoms with Crippen molar-refractivity contribution in [1.29, 1.82) is 0 Å². The third-order valence-electron chi connectivity index (χ3n) is 2.57. The summed E-state index contributed by atoms with van der Waals surface area (Å²) in [6, 6.07) is 6.96. The summed E-state index contributed by atoms with van der Waals surface area (Å²) in [7, 11) is 0. The van der Waals surface area contributed by atoms with Gasteiger partial charge in [0.25, 0.3) is 0 Å². The Morgan fingerprint density at radius 1 is 1.08 bits per heavy atom. The lowest BCUT2D eigenvalue weighted by Crippen LogP contribution is -2.07. The summed E-state index contributed by atoms with van der Waals surface area (Å²) in [5.41, 5.74) is 2.72. The third kappa shape index (κ3) is 0.728. The molecule has 2 atom stereocenters. The average Bonchev–Trinajstić information content (AvgIpc) is 2.63. The van der Waals surface area contributed by atoms with Crippen molar-refractivity contribution in [3.63, 3.8) is 0 Å². The van der Waals surface area contributed by atoms with Crippen LogP contribution in [-0.4, -0.2) is 0 Å². The molecule has 2 heteroatoms. The zero-order chi connectivity index (χ0) is 8.13. The number of halogens is 1. The molecular weight excluding hydrogens is 170 g/mol. The van der Waals surface area contributed by atoms with Crippen molar-refractivity contribution in [2.45, 2.75) is 12.1 Å². The lowest BCUT2D eigenvalue weighted by Gasteiger charge is -2.07. The van der Waals surface area contributed by atoms with E-state index in [1.165, 1.54) is 11.1 Å². The Balaban J connectivity index is 2.24. The van der Waals surface area contributed by atoms with E-state index < -0.39 is 0 Å². The molecule has 1 nitrogen and oxygen atoms in total. The van der Waals surface area contributed by atoms with E-state index in [4.69, 9.17) is 11.6 Å². The molecule has 2 bridgehead atoms. The van der Waals surface area contributed by atoms with E-state index in [-0.39, 0.29) is 0 Å². The van der Waals surface area contributed by atoms with Gasteiger partial charge in [-0.1, -0.05) is 29.8 Å². The summed E-state index contributed by atoms with van der Waals surface area (Å²) in [5.74, 6) is 0. The fourth-order valence-electron chi connectivity index (χ4n) is 2.01. The van der Waals surface area contributed by atoms with Gasteiger partial charge >= 0.3 is 0 Å². The maximum atomic E-state index is 5.91. The highest BCUT2D eigenvalue weighted by molar-refractivity contribution is 6.30. The van der Waals surface area contributed by atoms with Crippen LogP contribution in [0.25, 0.3) is 0 Å². The van der Waals surface area contributed by atoms with Crippen LogP contribution in [0.4, 0.5) is 0 Å². The van der Waals surface area contributed by atoms with Gasteiger partial charge in [-0.25, -0.2) is 0 Å². The molecule has 2 heterocycles. The molecule has 0 spiro atoms. The first-order valence-electron chi connectivity index (χ1n) is 4.08. The van der Waals surface area contributed by atoms with Crippen LogP contribution in [0.5, 0.6) is 0 Å². The molecule has 0 aliphatic carbocycles. The van der Waals surface area contributed by atoms with Crippen molar-refractivity contribution >= 4 is 11.6 Å². The number of rotatable bonds is 0. The number of hydrogen-bond donors (Lipinski definition) is 1. The summed E-state index contributed by atoms with van der Waals surface area (Å²) >= 11 is 5.91. The SMILES string of the molecule is Clc1ccc2c(c1)C1C=CC2N1. The normalized spacial score (nSPS) is 29.4. The zero-order valence-electron chi connectivity index (χ0n) is 6.42. The Bertz CT molecular complexity index is 370. The highest BCUT2D eigenvalue weighted by Gasteiger charge is 2.31. The first kappa shape index (κ1) is 6.70. The van der Waals surface area contributed by atoms with Crippen molar-refractivity contribution in [2.75, 3.05) is 0 Å². The van der Waals surface area contributed by atoms with Crippen LogP contribution in [0.15, 0.2) is 30.4 Å². The summed E-state index contributed by atoms with van der Waals surface area (Å²) < 4.78 is 0. The van der Waals surface area contributed by atoms with Crippen LogP contribution in [0.2, 0.25) is 5.02 Å². The van der Waals surface area contributed by atoms with Gasteiger partial charge in [-0.3, -0.25) is 5.32 Å². The predicted octanol–water partition coefficient (Wildman–Crippen LogP) is 2.60. The first-order chi connectivity index (χ1) is 5.84. The molecule has 0 saturated heterocycles. The molecule has 2 aliphatic rings. The summed E-state index contributed by atoms with van der Waals surface area (Å²) in [6.07, 6.45) is 4.41. The zero-order valence-corrected chi connectivity index (χ0v) is 7.18. The number of hydrogen-bond acceptors (Lipinski definition) is 1.